The van der Waals surface area contributed by atoms with Crippen LogP contribution in [0.2, 0.25) is 0 Å². The molecular formula is C61H44N2. The molecule has 0 atom stereocenters. The molecule has 1 aliphatic heterocycles. The monoisotopic (exact) mass is 804 g/mol. The van der Waals surface area contributed by atoms with Gasteiger partial charge in [-0.2, -0.15) is 0 Å². The van der Waals surface area contributed by atoms with Crippen molar-refractivity contribution < 1.29 is 0 Å². The van der Waals surface area contributed by atoms with Crippen molar-refractivity contribution in [1.82, 2.24) is 0 Å². The lowest BCUT2D eigenvalue weighted by Gasteiger charge is -2.34. The van der Waals surface area contributed by atoms with Gasteiger partial charge < -0.3 is 10.2 Å². The highest BCUT2D eigenvalue weighted by atomic mass is 15.1. The van der Waals surface area contributed by atoms with Crippen molar-refractivity contribution in [3.8, 4) is 33.4 Å². The first-order valence-corrected chi connectivity index (χ1v) is 21.6. The molecule has 2 aliphatic rings. The standard InChI is InChI=1S/C61H44N2/c1-43-39-47(37-38-63(60-32-17-15-29-53(43)60)52-28-18-21-45(40-52)44-19-6-2-7-20-44)46-34-36-59(62-51-26-12-5-13-27-51)56(41-46)48-33-35-55-54-30-14-16-31-57(54)61(58(55)42-48,49-22-8-3-9-23-49)50-24-10-4-11-25-50/h2-42,62H,1H2/b38-37-,47-39+. The second-order valence-electron chi connectivity index (χ2n) is 16.3. The minimum absolute atomic E-state index is 0.508. The third-order valence-corrected chi connectivity index (χ3v) is 12.6. The third kappa shape index (κ3) is 6.70. The van der Waals surface area contributed by atoms with Crippen molar-refractivity contribution in [3.05, 3.63) is 289 Å². The normalized spacial score (nSPS) is 14.9. The van der Waals surface area contributed by atoms with Gasteiger partial charge in [-0.1, -0.05) is 189 Å². The molecule has 0 radical (unpaired) electrons. The van der Waals surface area contributed by atoms with E-state index >= 15 is 0 Å². The Morgan fingerprint density at radius 1 is 0.413 bits per heavy atom. The number of rotatable bonds is 8. The average molecular weight is 805 g/mol. The van der Waals surface area contributed by atoms with Crippen molar-refractivity contribution >= 4 is 33.9 Å². The van der Waals surface area contributed by atoms with E-state index < -0.39 is 5.41 Å². The summed E-state index contributed by atoms with van der Waals surface area (Å²) in [5, 5.41) is 3.80. The Labute approximate surface area is 370 Å². The van der Waals surface area contributed by atoms with E-state index in [1.165, 1.54) is 44.5 Å². The molecule has 11 rings (SSSR count). The number of benzene rings is 9. The molecule has 2 heteroatoms. The van der Waals surface area contributed by atoms with Gasteiger partial charge in [0.2, 0.25) is 0 Å². The maximum absolute atomic E-state index is 4.66. The molecule has 1 N–H and O–H groups in total. The fourth-order valence-corrected chi connectivity index (χ4v) is 9.74. The first-order valence-electron chi connectivity index (χ1n) is 21.6. The summed E-state index contributed by atoms with van der Waals surface area (Å²) in [6, 6.07) is 83.2. The van der Waals surface area contributed by atoms with Crippen LogP contribution < -0.4 is 10.2 Å². The van der Waals surface area contributed by atoms with Crippen LogP contribution in [0.25, 0.3) is 44.5 Å². The van der Waals surface area contributed by atoms with Crippen LogP contribution in [0.4, 0.5) is 22.7 Å². The van der Waals surface area contributed by atoms with E-state index in [4.69, 9.17) is 0 Å². The minimum Gasteiger partial charge on any atom is -0.355 e. The summed E-state index contributed by atoms with van der Waals surface area (Å²) >= 11 is 0. The molecule has 2 nitrogen and oxygen atoms in total. The number of hydrogen-bond donors (Lipinski definition) is 1. The highest BCUT2D eigenvalue weighted by molar-refractivity contribution is 5.96. The van der Waals surface area contributed by atoms with Crippen molar-refractivity contribution in [2.75, 3.05) is 10.2 Å². The molecule has 0 spiro atoms. The highest BCUT2D eigenvalue weighted by Crippen LogP contribution is 2.57. The number of hydrogen-bond acceptors (Lipinski definition) is 2. The number of anilines is 4. The lowest BCUT2D eigenvalue weighted by Crippen LogP contribution is -2.28. The van der Waals surface area contributed by atoms with Gasteiger partial charge in [0.25, 0.3) is 0 Å². The predicted octanol–water partition coefficient (Wildman–Crippen LogP) is 15.9. The van der Waals surface area contributed by atoms with Crippen LogP contribution in [-0.4, -0.2) is 0 Å². The maximum atomic E-state index is 4.66. The Bertz CT molecular complexity index is 3160. The summed E-state index contributed by atoms with van der Waals surface area (Å²) in [5.41, 5.74) is 20.1. The molecule has 9 aromatic carbocycles. The summed E-state index contributed by atoms with van der Waals surface area (Å²) < 4.78 is 0. The molecule has 1 heterocycles. The number of para-hydroxylation sites is 2. The van der Waals surface area contributed by atoms with Crippen LogP contribution in [0.3, 0.4) is 0 Å². The number of fused-ring (bicyclic) bond motifs is 4. The van der Waals surface area contributed by atoms with Crippen molar-refractivity contribution in [3.63, 3.8) is 0 Å². The Kier molecular flexibility index (Phi) is 9.60. The zero-order chi connectivity index (χ0) is 42.2. The number of nitrogens with one attached hydrogen (secondary N) is 1. The largest absolute Gasteiger partial charge is 0.355 e. The molecule has 0 bridgehead atoms. The molecule has 0 unspecified atom stereocenters. The molecule has 1 aliphatic carbocycles. The fraction of sp³-hybridized carbons (Fsp3) is 0.0164. The molecule has 0 fully saturated rings. The SMILES string of the molecule is C=C1/C=C(c2ccc(Nc3ccccc3)c(-c3ccc4c(c3)C(c3ccccc3)(c3ccccc3)c3ccccc3-4)c2)\C=C/N(c2cccc(-c3ccccc3)c2)c2ccccc21. The maximum Gasteiger partial charge on any atom is 0.0713 e. The Hall–Kier alpha value is -8.20. The molecule has 0 amide bonds. The van der Waals surface area contributed by atoms with Gasteiger partial charge in [0.05, 0.1) is 11.1 Å². The molecule has 63 heavy (non-hydrogen) atoms. The van der Waals surface area contributed by atoms with Crippen LogP contribution in [0, 0.1) is 0 Å². The molecular weight excluding hydrogens is 761 g/mol. The zero-order valence-electron chi connectivity index (χ0n) is 34.8. The van der Waals surface area contributed by atoms with Gasteiger partial charge >= 0.3 is 0 Å². The van der Waals surface area contributed by atoms with Crippen molar-refractivity contribution in [1.29, 1.82) is 0 Å². The summed E-state index contributed by atoms with van der Waals surface area (Å²) in [6.45, 7) is 4.66. The van der Waals surface area contributed by atoms with Gasteiger partial charge in [-0.25, -0.2) is 0 Å². The van der Waals surface area contributed by atoms with E-state index in [0.717, 1.165) is 56.1 Å². The van der Waals surface area contributed by atoms with Crippen molar-refractivity contribution in [2.45, 2.75) is 5.41 Å². The van der Waals surface area contributed by atoms with E-state index in [9.17, 15) is 0 Å². The topological polar surface area (TPSA) is 15.3 Å². The van der Waals surface area contributed by atoms with Gasteiger partial charge in [0.15, 0.2) is 0 Å². The smallest absolute Gasteiger partial charge is 0.0713 e. The molecule has 298 valence electrons. The Balaban J connectivity index is 1.08. The molecule has 0 saturated heterocycles. The van der Waals surface area contributed by atoms with Gasteiger partial charge in [-0.15, -0.1) is 0 Å². The summed E-state index contributed by atoms with van der Waals surface area (Å²) in [6.07, 6.45) is 6.66. The summed E-state index contributed by atoms with van der Waals surface area (Å²) in [7, 11) is 0. The second-order valence-corrected chi connectivity index (χ2v) is 16.3. The van der Waals surface area contributed by atoms with E-state index in [0.29, 0.717) is 0 Å². The van der Waals surface area contributed by atoms with E-state index in [-0.39, 0.29) is 0 Å². The first kappa shape index (κ1) is 37.8. The quantitative estimate of drug-likeness (QED) is 0.165. The van der Waals surface area contributed by atoms with E-state index in [1.807, 2.05) is 0 Å². The van der Waals surface area contributed by atoms with Gasteiger partial charge in [0, 0.05) is 34.4 Å². The average Bonchev–Trinajstić information content (AvgIpc) is 3.65. The fourth-order valence-electron chi connectivity index (χ4n) is 9.74. The predicted molar refractivity (Wildman–Crippen MR) is 266 cm³/mol. The molecule has 0 aromatic heterocycles. The van der Waals surface area contributed by atoms with Crippen LogP contribution >= 0.6 is 0 Å². The van der Waals surface area contributed by atoms with Crippen LogP contribution in [0.5, 0.6) is 0 Å². The van der Waals surface area contributed by atoms with Gasteiger partial charge in [0.1, 0.15) is 0 Å². The first-order chi connectivity index (χ1) is 31.1. The van der Waals surface area contributed by atoms with Gasteiger partial charge in [-0.05, 0) is 127 Å². The number of nitrogens with zero attached hydrogens (tertiary/aromatic N) is 1. The second kappa shape index (κ2) is 16.0. The Morgan fingerprint density at radius 3 is 1.76 bits per heavy atom. The summed E-state index contributed by atoms with van der Waals surface area (Å²) in [4.78, 5) is 2.29. The lowest BCUT2D eigenvalue weighted by atomic mass is 9.67. The number of allylic oxidation sites excluding steroid dienone is 4. The van der Waals surface area contributed by atoms with E-state index in [2.05, 4.69) is 266 Å². The minimum atomic E-state index is -0.508. The Morgan fingerprint density at radius 2 is 1.02 bits per heavy atom. The van der Waals surface area contributed by atoms with Crippen LogP contribution in [0.15, 0.2) is 255 Å². The third-order valence-electron chi connectivity index (χ3n) is 12.6. The van der Waals surface area contributed by atoms with E-state index in [1.54, 1.807) is 0 Å². The highest BCUT2D eigenvalue weighted by Gasteiger charge is 2.46. The lowest BCUT2D eigenvalue weighted by molar-refractivity contribution is 0.769. The van der Waals surface area contributed by atoms with Crippen molar-refractivity contribution in [2.24, 2.45) is 0 Å². The van der Waals surface area contributed by atoms with Gasteiger partial charge in [-0.3, -0.25) is 0 Å². The summed E-state index contributed by atoms with van der Waals surface area (Å²) in [5.74, 6) is 0. The molecule has 9 aromatic rings. The molecule has 0 saturated carbocycles. The van der Waals surface area contributed by atoms with Crippen LogP contribution in [-0.2, 0) is 5.41 Å². The zero-order valence-corrected chi connectivity index (χ0v) is 34.8. The van der Waals surface area contributed by atoms with Crippen LogP contribution in [0.1, 0.15) is 33.4 Å².